The highest BCUT2D eigenvalue weighted by Gasteiger charge is 2.34. The van der Waals surface area contributed by atoms with Crippen molar-refractivity contribution in [1.82, 2.24) is 4.90 Å². The van der Waals surface area contributed by atoms with Gasteiger partial charge >= 0.3 is 6.61 Å². The lowest BCUT2D eigenvalue weighted by Gasteiger charge is -2.23. The highest BCUT2D eigenvalue weighted by molar-refractivity contribution is 7.98. The van der Waals surface area contributed by atoms with Gasteiger partial charge in [0.05, 0.1) is 16.9 Å². The molecular formula is C20H20F2N2O5S. The number of methoxy groups -OCH3 is 1. The molecule has 1 aliphatic carbocycles. The summed E-state index contributed by atoms with van der Waals surface area (Å²) in [5.74, 6) is -0.278. The minimum Gasteiger partial charge on any atom is -0.493 e. The van der Waals surface area contributed by atoms with Crippen LogP contribution in [0.3, 0.4) is 0 Å². The fourth-order valence-electron chi connectivity index (χ4n) is 3.08. The molecule has 1 aliphatic rings. The summed E-state index contributed by atoms with van der Waals surface area (Å²) in [6, 6.07) is 8.97. The van der Waals surface area contributed by atoms with E-state index >= 15 is 0 Å². The van der Waals surface area contributed by atoms with Crippen molar-refractivity contribution in [1.29, 1.82) is 0 Å². The zero-order valence-corrected chi connectivity index (χ0v) is 17.2. The first-order chi connectivity index (χ1) is 14.3. The first kappa shape index (κ1) is 21.8. The number of nitro groups is 1. The van der Waals surface area contributed by atoms with Gasteiger partial charge in [-0.05, 0) is 48.9 Å². The molecule has 0 spiro atoms. The van der Waals surface area contributed by atoms with Gasteiger partial charge < -0.3 is 14.4 Å². The number of hydrogen-bond donors (Lipinski definition) is 0. The van der Waals surface area contributed by atoms with Crippen LogP contribution in [0.2, 0.25) is 0 Å². The normalized spacial score (nSPS) is 13.2. The van der Waals surface area contributed by atoms with Crippen LogP contribution >= 0.6 is 11.8 Å². The van der Waals surface area contributed by atoms with E-state index in [1.165, 1.54) is 31.0 Å². The summed E-state index contributed by atoms with van der Waals surface area (Å²) < 4.78 is 34.6. The van der Waals surface area contributed by atoms with Crippen molar-refractivity contribution in [2.75, 3.05) is 13.4 Å². The van der Waals surface area contributed by atoms with Crippen LogP contribution < -0.4 is 9.47 Å². The van der Waals surface area contributed by atoms with Gasteiger partial charge in [0.25, 0.3) is 11.6 Å². The lowest BCUT2D eigenvalue weighted by Crippen LogP contribution is -2.32. The van der Waals surface area contributed by atoms with E-state index in [-0.39, 0.29) is 41.2 Å². The van der Waals surface area contributed by atoms with Crippen molar-refractivity contribution < 1.29 is 28.0 Å². The van der Waals surface area contributed by atoms with Gasteiger partial charge in [-0.15, -0.1) is 11.8 Å². The Balaban J connectivity index is 1.86. The smallest absolute Gasteiger partial charge is 0.387 e. The molecule has 0 unspecified atom stereocenters. The molecule has 0 aromatic heterocycles. The Morgan fingerprint density at radius 3 is 2.57 bits per heavy atom. The third-order valence-electron chi connectivity index (χ3n) is 4.67. The molecule has 30 heavy (non-hydrogen) atoms. The molecule has 1 amide bonds. The number of rotatable bonds is 9. The maximum absolute atomic E-state index is 13.1. The quantitative estimate of drug-likeness (QED) is 0.320. The van der Waals surface area contributed by atoms with E-state index in [1.54, 1.807) is 35.4 Å². The van der Waals surface area contributed by atoms with Crippen LogP contribution in [-0.4, -0.2) is 41.7 Å². The largest absolute Gasteiger partial charge is 0.493 e. The zero-order chi connectivity index (χ0) is 21.8. The molecule has 0 N–H and O–H groups in total. The van der Waals surface area contributed by atoms with Gasteiger partial charge in [-0.1, -0.05) is 6.07 Å². The molecule has 160 valence electrons. The fraction of sp³-hybridized carbons (Fsp3) is 0.350. The number of nitro benzene ring substituents is 1. The average Bonchev–Trinajstić information content (AvgIpc) is 3.56. The van der Waals surface area contributed by atoms with Crippen molar-refractivity contribution in [3.8, 4) is 11.5 Å². The molecule has 2 aromatic carbocycles. The molecule has 10 heteroatoms. The maximum atomic E-state index is 13.1. The fourth-order valence-corrected chi connectivity index (χ4v) is 3.63. The molecule has 0 aliphatic heterocycles. The average molecular weight is 438 g/mol. The number of ether oxygens (including phenoxy) is 2. The minimum atomic E-state index is -2.98. The summed E-state index contributed by atoms with van der Waals surface area (Å²) in [5, 5.41) is 11.3. The molecule has 1 saturated carbocycles. The van der Waals surface area contributed by atoms with Gasteiger partial charge in [0, 0.05) is 24.2 Å². The van der Waals surface area contributed by atoms with Gasteiger partial charge in [-0.3, -0.25) is 14.9 Å². The molecule has 7 nitrogen and oxygen atoms in total. The number of carbonyl (C=O) groups is 1. The van der Waals surface area contributed by atoms with Crippen LogP contribution in [0.5, 0.6) is 11.5 Å². The van der Waals surface area contributed by atoms with E-state index in [1.807, 2.05) is 0 Å². The Kier molecular flexibility index (Phi) is 6.76. The van der Waals surface area contributed by atoms with Gasteiger partial charge in [-0.2, -0.15) is 8.78 Å². The Morgan fingerprint density at radius 1 is 1.27 bits per heavy atom. The summed E-state index contributed by atoms with van der Waals surface area (Å²) in [4.78, 5) is 26.1. The van der Waals surface area contributed by atoms with Gasteiger partial charge in [0.1, 0.15) is 0 Å². The highest BCUT2D eigenvalue weighted by atomic mass is 32.2. The van der Waals surface area contributed by atoms with Gasteiger partial charge in [0.2, 0.25) is 0 Å². The van der Waals surface area contributed by atoms with Crippen molar-refractivity contribution >= 4 is 23.4 Å². The Bertz CT molecular complexity index is 953. The molecule has 0 atom stereocenters. The van der Waals surface area contributed by atoms with Crippen molar-refractivity contribution in [3.63, 3.8) is 0 Å². The van der Waals surface area contributed by atoms with Crippen LogP contribution in [0.15, 0.2) is 41.3 Å². The first-order valence-corrected chi connectivity index (χ1v) is 10.3. The number of thioether (sulfide) groups is 1. The van der Waals surface area contributed by atoms with E-state index in [9.17, 15) is 23.7 Å². The summed E-state index contributed by atoms with van der Waals surface area (Å²) in [7, 11) is 1.34. The number of nitrogens with zero attached hydrogens (tertiary/aromatic N) is 2. The van der Waals surface area contributed by atoms with Crippen molar-refractivity contribution in [2.45, 2.75) is 36.9 Å². The van der Waals surface area contributed by atoms with Crippen LogP contribution in [0.1, 0.15) is 28.8 Å². The van der Waals surface area contributed by atoms with E-state index in [2.05, 4.69) is 4.74 Å². The van der Waals surface area contributed by atoms with E-state index < -0.39 is 11.5 Å². The Hall–Kier alpha value is -2.88. The number of amides is 1. The molecule has 3 rings (SSSR count). The van der Waals surface area contributed by atoms with Gasteiger partial charge in [0.15, 0.2) is 11.5 Å². The Morgan fingerprint density at radius 2 is 2.00 bits per heavy atom. The summed E-state index contributed by atoms with van der Waals surface area (Å²) in [6.45, 7) is -2.76. The monoisotopic (exact) mass is 438 g/mol. The van der Waals surface area contributed by atoms with E-state index in [4.69, 9.17) is 4.74 Å². The third kappa shape index (κ3) is 4.99. The van der Waals surface area contributed by atoms with Crippen LogP contribution in [0.4, 0.5) is 14.5 Å². The minimum absolute atomic E-state index is 0.0276. The lowest BCUT2D eigenvalue weighted by molar-refractivity contribution is -0.387. The number of carbonyl (C=O) groups excluding carboxylic acids is 1. The lowest BCUT2D eigenvalue weighted by atomic mass is 10.1. The number of alkyl halides is 2. The molecular weight excluding hydrogens is 418 g/mol. The number of halogens is 2. The summed E-state index contributed by atoms with van der Waals surface area (Å²) in [6.07, 6.45) is 3.40. The molecule has 0 saturated heterocycles. The molecule has 0 radical (unpaired) electrons. The first-order valence-electron chi connectivity index (χ1n) is 9.09. The second-order valence-corrected chi connectivity index (χ2v) is 7.52. The van der Waals surface area contributed by atoms with Crippen LogP contribution in [0.25, 0.3) is 0 Å². The molecule has 0 bridgehead atoms. The van der Waals surface area contributed by atoms with Gasteiger partial charge in [-0.25, -0.2) is 0 Å². The molecule has 2 aromatic rings. The van der Waals surface area contributed by atoms with Crippen LogP contribution in [-0.2, 0) is 6.54 Å². The second kappa shape index (κ2) is 9.29. The van der Waals surface area contributed by atoms with Crippen LogP contribution in [0, 0.1) is 10.1 Å². The predicted octanol–water partition coefficient (Wildman–Crippen LogP) is 4.73. The molecule has 1 fully saturated rings. The summed E-state index contributed by atoms with van der Waals surface area (Å²) >= 11 is 1.24. The highest BCUT2D eigenvalue weighted by Crippen LogP contribution is 2.34. The standard InChI is InChI=1S/C20H20F2N2O5S/c1-28-17-9-12(3-7-16(17)29-20(21)22)11-23(14-5-6-14)19(25)13-4-8-18(30-2)15(10-13)24(26)27/h3-4,7-10,14,20H,5-6,11H2,1-2H3. The van der Waals surface area contributed by atoms with E-state index in [0.717, 1.165) is 12.8 Å². The second-order valence-electron chi connectivity index (χ2n) is 6.67. The predicted molar refractivity (Wildman–Crippen MR) is 107 cm³/mol. The number of hydrogen-bond acceptors (Lipinski definition) is 6. The third-order valence-corrected chi connectivity index (χ3v) is 5.45. The molecule has 0 heterocycles. The zero-order valence-electron chi connectivity index (χ0n) is 16.3. The van der Waals surface area contributed by atoms with Crippen molar-refractivity contribution in [2.24, 2.45) is 0 Å². The summed E-state index contributed by atoms with van der Waals surface area (Å²) in [5.41, 5.74) is 0.791. The Labute approximate surface area is 176 Å². The SMILES string of the molecule is COc1cc(CN(C(=O)c2ccc(SC)c([N+](=O)[O-])c2)C2CC2)ccc1OC(F)F. The van der Waals surface area contributed by atoms with Crippen molar-refractivity contribution in [3.05, 3.63) is 57.6 Å². The van der Waals surface area contributed by atoms with E-state index in [0.29, 0.717) is 10.5 Å². The number of benzene rings is 2. The topological polar surface area (TPSA) is 81.9 Å². The maximum Gasteiger partial charge on any atom is 0.387 e.